The van der Waals surface area contributed by atoms with Crippen LogP contribution in [0.4, 0.5) is 18.9 Å². The fourth-order valence-corrected chi connectivity index (χ4v) is 5.60. The lowest BCUT2D eigenvalue weighted by Gasteiger charge is -2.23. The molecule has 1 amide bonds. The fraction of sp³-hybridized carbons (Fsp3) is 0.233. The van der Waals surface area contributed by atoms with Gasteiger partial charge in [-0.15, -0.1) is 5.10 Å². The SMILES string of the molecule is CC1CCCC(n2cnc(-c3c(-n4cc(C#N)nn4)ccc(Cl)c3F)cc2=O)c2cccc(c2)-c2c(cnn2C(F)F)NC1=O. The average Bonchev–Trinajstić information content (AvgIpc) is 3.68. The highest BCUT2D eigenvalue weighted by molar-refractivity contribution is 6.31. The smallest absolute Gasteiger partial charge is 0.323 e. The molecular weight excluding hydrogens is 611 g/mol. The zero-order chi connectivity index (χ0) is 31.8. The number of fused-ring (bicyclic) bond motifs is 4. The summed E-state index contributed by atoms with van der Waals surface area (Å²) < 4.78 is 46.4. The molecule has 3 aromatic heterocycles. The summed E-state index contributed by atoms with van der Waals surface area (Å²) in [7, 11) is 0. The third-order valence-electron chi connectivity index (χ3n) is 7.70. The second-order valence-electron chi connectivity index (χ2n) is 10.5. The molecule has 0 saturated heterocycles. The highest BCUT2D eigenvalue weighted by Crippen LogP contribution is 2.36. The van der Waals surface area contributed by atoms with Gasteiger partial charge in [0.05, 0.1) is 58.1 Å². The molecule has 0 saturated carbocycles. The quantitative estimate of drug-likeness (QED) is 0.266. The summed E-state index contributed by atoms with van der Waals surface area (Å²) in [5.41, 5.74) is 0.681. The average molecular weight is 634 g/mol. The molecule has 2 atom stereocenters. The summed E-state index contributed by atoms with van der Waals surface area (Å²) in [5.74, 6) is -1.63. The van der Waals surface area contributed by atoms with E-state index in [0.29, 0.717) is 35.1 Å². The molecule has 45 heavy (non-hydrogen) atoms. The van der Waals surface area contributed by atoms with Crippen LogP contribution < -0.4 is 10.9 Å². The van der Waals surface area contributed by atoms with E-state index in [4.69, 9.17) is 16.9 Å². The van der Waals surface area contributed by atoms with Gasteiger partial charge in [-0.25, -0.2) is 18.7 Å². The molecule has 2 bridgehead atoms. The monoisotopic (exact) mass is 633 g/mol. The Morgan fingerprint density at radius 2 is 1.98 bits per heavy atom. The largest absolute Gasteiger partial charge is 0.333 e. The van der Waals surface area contributed by atoms with Crippen LogP contribution in [0.5, 0.6) is 0 Å². The van der Waals surface area contributed by atoms with Gasteiger partial charge in [-0.2, -0.15) is 19.1 Å². The normalized spacial score (nSPS) is 16.8. The molecule has 2 aromatic carbocycles. The van der Waals surface area contributed by atoms with Crippen molar-refractivity contribution < 1.29 is 18.0 Å². The standard InChI is InChI=1S/C30H23ClF3N9O2/c1-16-4-2-7-23(17-5-3-6-18(10-17)28-22(38-29(16)45)13-37-43(28)30(33)34)41-15-36-21(11-25(41)44)26-24(9-8-20(31)27(26)32)42-14-19(12-35)39-40-42/h3,5-6,8-11,13-16,23,30H,2,4,7H2,1H3,(H,38,45). The van der Waals surface area contributed by atoms with Gasteiger partial charge >= 0.3 is 6.55 Å². The number of amides is 1. The van der Waals surface area contributed by atoms with E-state index in [1.165, 1.54) is 46.2 Å². The van der Waals surface area contributed by atoms with Crippen LogP contribution in [0.1, 0.15) is 50.0 Å². The predicted octanol–water partition coefficient (Wildman–Crippen LogP) is 5.76. The van der Waals surface area contributed by atoms with Gasteiger partial charge < -0.3 is 5.32 Å². The van der Waals surface area contributed by atoms with E-state index in [0.717, 1.165) is 0 Å². The van der Waals surface area contributed by atoms with Crippen LogP contribution in [0, 0.1) is 23.1 Å². The van der Waals surface area contributed by atoms with Gasteiger partial charge in [-0.3, -0.25) is 14.2 Å². The zero-order valence-electron chi connectivity index (χ0n) is 23.5. The molecule has 228 valence electrons. The maximum atomic E-state index is 15.5. The molecule has 0 aliphatic carbocycles. The van der Waals surface area contributed by atoms with Gasteiger partial charge in [0, 0.05) is 17.5 Å². The predicted molar refractivity (Wildman–Crippen MR) is 157 cm³/mol. The number of nitrogens with one attached hydrogen (secondary N) is 1. The van der Waals surface area contributed by atoms with Crippen molar-refractivity contribution >= 4 is 23.2 Å². The number of carbonyl (C=O) groups excluding carboxylic acids is 1. The number of hydrogen-bond donors (Lipinski definition) is 1. The third-order valence-corrected chi connectivity index (χ3v) is 7.99. The molecule has 11 nitrogen and oxygen atoms in total. The van der Waals surface area contributed by atoms with Crippen molar-refractivity contribution in [2.75, 3.05) is 5.32 Å². The lowest BCUT2D eigenvalue weighted by Crippen LogP contribution is -2.26. The van der Waals surface area contributed by atoms with Gasteiger partial charge in [-0.05, 0) is 36.6 Å². The fourth-order valence-electron chi connectivity index (χ4n) is 5.44. The van der Waals surface area contributed by atoms with E-state index in [2.05, 4.69) is 25.7 Å². The van der Waals surface area contributed by atoms with Crippen LogP contribution in [0.15, 0.2) is 66.0 Å². The maximum absolute atomic E-state index is 15.5. The van der Waals surface area contributed by atoms with Crippen molar-refractivity contribution in [3.63, 3.8) is 0 Å². The van der Waals surface area contributed by atoms with Crippen molar-refractivity contribution in [1.29, 1.82) is 5.26 Å². The van der Waals surface area contributed by atoms with Crippen molar-refractivity contribution in [3.05, 3.63) is 93.6 Å². The summed E-state index contributed by atoms with van der Waals surface area (Å²) >= 11 is 6.09. The number of benzene rings is 2. The molecule has 0 spiro atoms. The Labute approximate surface area is 258 Å². The van der Waals surface area contributed by atoms with Gasteiger partial charge in [0.15, 0.2) is 11.5 Å². The van der Waals surface area contributed by atoms with E-state index in [1.807, 2.05) is 6.07 Å². The van der Waals surface area contributed by atoms with Crippen molar-refractivity contribution in [2.24, 2.45) is 5.92 Å². The molecular formula is C30H23ClF3N9O2. The summed E-state index contributed by atoms with van der Waals surface area (Å²) in [6.07, 6.45) is 5.20. The number of alkyl halides is 2. The third kappa shape index (κ3) is 5.58. The van der Waals surface area contributed by atoms with Gasteiger partial charge in [0.25, 0.3) is 5.56 Å². The maximum Gasteiger partial charge on any atom is 0.333 e. The molecule has 15 heteroatoms. The van der Waals surface area contributed by atoms with Crippen molar-refractivity contribution in [1.82, 2.24) is 34.3 Å². The lowest BCUT2D eigenvalue weighted by molar-refractivity contribution is -0.119. The van der Waals surface area contributed by atoms with E-state index in [1.54, 1.807) is 31.2 Å². The second-order valence-corrected chi connectivity index (χ2v) is 10.9. The van der Waals surface area contributed by atoms with Crippen molar-refractivity contribution in [2.45, 2.75) is 38.8 Å². The number of nitriles is 1. The minimum absolute atomic E-state index is 0.0000563. The summed E-state index contributed by atoms with van der Waals surface area (Å²) in [5, 5.41) is 23.1. The number of aromatic nitrogens is 7. The lowest BCUT2D eigenvalue weighted by atomic mass is 9.94. The Morgan fingerprint density at radius 3 is 2.71 bits per heavy atom. The molecule has 1 aliphatic heterocycles. The van der Waals surface area contributed by atoms with E-state index in [9.17, 15) is 18.4 Å². The second kappa shape index (κ2) is 12.0. The molecule has 0 radical (unpaired) electrons. The molecule has 2 unspecified atom stereocenters. The highest BCUT2D eigenvalue weighted by atomic mass is 35.5. The number of rotatable bonds is 4. The summed E-state index contributed by atoms with van der Waals surface area (Å²) in [6.45, 7) is -1.23. The molecule has 1 aliphatic rings. The first kappa shape index (κ1) is 29.8. The summed E-state index contributed by atoms with van der Waals surface area (Å²) in [6, 6.07) is 12.0. The summed E-state index contributed by atoms with van der Waals surface area (Å²) in [4.78, 5) is 31.0. The van der Waals surface area contributed by atoms with Gasteiger partial charge in [0.2, 0.25) is 5.91 Å². The first-order valence-electron chi connectivity index (χ1n) is 13.8. The van der Waals surface area contributed by atoms with Crippen molar-refractivity contribution in [3.8, 4) is 34.3 Å². The van der Waals surface area contributed by atoms with Crippen LogP contribution in [-0.2, 0) is 4.79 Å². The topological polar surface area (TPSA) is 136 Å². The number of hydrogen-bond acceptors (Lipinski definition) is 7. The number of carbonyl (C=O) groups is 1. The van der Waals surface area contributed by atoms with E-state index < -0.39 is 29.9 Å². The molecule has 5 aromatic rings. The Hall–Kier alpha value is -5.29. The molecule has 6 rings (SSSR count). The molecule has 4 heterocycles. The Morgan fingerprint density at radius 1 is 1.16 bits per heavy atom. The zero-order valence-corrected chi connectivity index (χ0v) is 24.3. The van der Waals surface area contributed by atoms with Crippen LogP contribution in [0.2, 0.25) is 5.02 Å². The van der Waals surface area contributed by atoms with Gasteiger partial charge in [0.1, 0.15) is 6.07 Å². The molecule has 1 N–H and O–H groups in total. The van der Waals surface area contributed by atoms with Crippen LogP contribution in [-0.4, -0.2) is 40.2 Å². The minimum Gasteiger partial charge on any atom is -0.323 e. The van der Waals surface area contributed by atoms with Gasteiger partial charge in [-0.1, -0.05) is 48.4 Å². The Kier molecular flexibility index (Phi) is 7.94. The number of anilines is 1. The number of nitrogens with zero attached hydrogens (tertiary/aromatic N) is 8. The van der Waals surface area contributed by atoms with E-state index >= 15 is 4.39 Å². The van der Waals surface area contributed by atoms with Crippen LogP contribution >= 0.6 is 11.6 Å². The minimum atomic E-state index is -2.96. The Bertz CT molecular complexity index is 2030. The molecule has 0 fully saturated rings. The number of halogens is 4. The van der Waals surface area contributed by atoms with Crippen LogP contribution in [0.25, 0.3) is 28.2 Å². The Balaban J connectivity index is 1.46. The first-order chi connectivity index (χ1) is 21.7. The highest BCUT2D eigenvalue weighted by Gasteiger charge is 2.26. The first-order valence-corrected chi connectivity index (χ1v) is 14.2. The van der Waals surface area contributed by atoms with Crippen LogP contribution in [0.3, 0.4) is 0 Å². The van der Waals surface area contributed by atoms with E-state index in [-0.39, 0.29) is 44.9 Å².